The molecule has 0 unspecified atom stereocenters. The van der Waals surface area contributed by atoms with Crippen molar-refractivity contribution in [3.8, 4) is 5.75 Å². The van der Waals surface area contributed by atoms with Gasteiger partial charge >= 0.3 is 0 Å². The Hall–Kier alpha value is -2.40. The number of allylic oxidation sites excluding steroid dienone is 1. The van der Waals surface area contributed by atoms with E-state index in [1.807, 2.05) is 38.3 Å². The van der Waals surface area contributed by atoms with Gasteiger partial charge in [0, 0.05) is 0 Å². The van der Waals surface area contributed by atoms with Crippen molar-refractivity contribution in [2.75, 3.05) is 13.4 Å². The van der Waals surface area contributed by atoms with Crippen LogP contribution in [-0.4, -0.2) is 24.1 Å². The summed E-state index contributed by atoms with van der Waals surface area (Å²) in [4.78, 5) is 4.73. The average Bonchev–Trinajstić information content (AvgIpc) is 2.66. The monoisotopic (exact) mass is 384 g/mol. The summed E-state index contributed by atoms with van der Waals surface area (Å²) >= 11 is 1.54. The van der Waals surface area contributed by atoms with Crippen molar-refractivity contribution in [2.24, 2.45) is 4.99 Å². The number of methoxy groups -OCH3 is 1. The first-order valence-electron chi connectivity index (χ1n) is 8.62. The number of ether oxygens (including phenoxy) is 1. The van der Waals surface area contributed by atoms with E-state index < -0.39 is 0 Å². The van der Waals surface area contributed by atoms with E-state index >= 15 is 0 Å². The van der Waals surface area contributed by atoms with E-state index in [4.69, 9.17) is 15.1 Å². The molecule has 142 valence electrons. The minimum Gasteiger partial charge on any atom is -0.496 e. The lowest BCUT2D eigenvalue weighted by atomic mass is 10.0. The summed E-state index contributed by atoms with van der Waals surface area (Å²) in [7, 11) is 1.67. The molecular formula is C22H25FN2OS. The smallest absolute Gasteiger partial charge is 0.123 e. The Morgan fingerprint density at radius 3 is 2.44 bits per heavy atom. The SMILES string of the molecule is COc1ccc(C)c(CN=C(/C=C(/C)C(=N)c2ccc(F)cc2)SC)c1C. The van der Waals surface area contributed by atoms with Crippen molar-refractivity contribution in [3.63, 3.8) is 0 Å². The number of nitrogens with zero attached hydrogens (tertiary/aromatic N) is 1. The Labute approximate surface area is 164 Å². The molecule has 5 heteroatoms. The second-order valence-electron chi connectivity index (χ2n) is 6.26. The lowest BCUT2D eigenvalue weighted by Gasteiger charge is -2.12. The lowest BCUT2D eigenvalue weighted by Crippen LogP contribution is -2.03. The fourth-order valence-electron chi connectivity index (χ4n) is 2.76. The lowest BCUT2D eigenvalue weighted by molar-refractivity contribution is 0.411. The van der Waals surface area contributed by atoms with Crippen molar-refractivity contribution in [3.05, 3.63) is 76.1 Å². The van der Waals surface area contributed by atoms with Gasteiger partial charge in [0.25, 0.3) is 0 Å². The van der Waals surface area contributed by atoms with Crippen LogP contribution in [-0.2, 0) is 6.54 Å². The summed E-state index contributed by atoms with van der Waals surface area (Å²) in [6.45, 7) is 6.54. The van der Waals surface area contributed by atoms with Crippen LogP contribution in [0.1, 0.15) is 29.2 Å². The Morgan fingerprint density at radius 2 is 1.85 bits per heavy atom. The molecule has 1 N–H and O–H groups in total. The van der Waals surface area contributed by atoms with Crippen LogP contribution < -0.4 is 4.74 Å². The fraction of sp³-hybridized carbons (Fsp3) is 0.273. The average molecular weight is 385 g/mol. The van der Waals surface area contributed by atoms with Gasteiger partial charge in [0.1, 0.15) is 11.6 Å². The molecule has 0 saturated carbocycles. The molecule has 0 aliphatic carbocycles. The molecule has 0 aliphatic rings. The van der Waals surface area contributed by atoms with Crippen LogP contribution in [0.15, 0.2) is 53.0 Å². The summed E-state index contributed by atoms with van der Waals surface area (Å²) in [6.07, 6.45) is 3.87. The zero-order chi connectivity index (χ0) is 20.0. The van der Waals surface area contributed by atoms with Crippen LogP contribution >= 0.6 is 11.8 Å². The van der Waals surface area contributed by atoms with Gasteiger partial charge in [0.05, 0.1) is 24.4 Å². The van der Waals surface area contributed by atoms with Crippen molar-refractivity contribution < 1.29 is 9.13 Å². The van der Waals surface area contributed by atoms with Crippen LogP contribution in [0, 0.1) is 25.1 Å². The molecule has 2 aromatic carbocycles. The van der Waals surface area contributed by atoms with E-state index in [9.17, 15) is 4.39 Å². The van der Waals surface area contributed by atoms with Gasteiger partial charge in [-0.05, 0) is 91.3 Å². The fourth-order valence-corrected chi connectivity index (χ4v) is 3.25. The van der Waals surface area contributed by atoms with E-state index in [2.05, 4.69) is 6.92 Å². The van der Waals surface area contributed by atoms with Crippen molar-refractivity contribution in [1.82, 2.24) is 0 Å². The summed E-state index contributed by atoms with van der Waals surface area (Å²) in [5, 5.41) is 9.17. The summed E-state index contributed by atoms with van der Waals surface area (Å²) in [5.41, 5.74) is 5.27. The molecule has 0 amide bonds. The highest BCUT2D eigenvalue weighted by Crippen LogP contribution is 2.25. The van der Waals surface area contributed by atoms with Gasteiger partial charge in [-0.2, -0.15) is 0 Å². The first kappa shape index (κ1) is 20.9. The van der Waals surface area contributed by atoms with Crippen molar-refractivity contribution in [2.45, 2.75) is 27.3 Å². The molecule has 0 fully saturated rings. The first-order valence-corrected chi connectivity index (χ1v) is 9.84. The highest BCUT2D eigenvalue weighted by atomic mass is 32.2. The second kappa shape index (κ2) is 9.51. The van der Waals surface area contributed by atoms with Gasteiger partial charge in [-0.15, -0.1) is 11.8 Å². The van der Waals surface area contributed by atoms with Gasteiger partial charge in [-0.1, -0.05) is 6.07 Å². The number of halogens is 1. The molecule has 0 aromatic heterocycles. The normalized spacial score (nSPS) is 12.2. The summed E-state index contributed by atoms with van der Waals surface area (Å²) < 4.78 is 18.5. The molecule has 0 aliphatic heterocycles. The minimum atomic E-state index is -0.302. The van der Waals surface area contributed by atoms with Crippen LogP contribution in [0.3, 0.4) is 0 Å². The third-order valence-corrected chi connectivity index (χ3v) is 5.14. The Kier molecular flexibility index (Phi) is 7.36. The number of hydrogen-bond acceptors (Lipinski definition) is 4. The third kappa shape index (κ3) is 5.30. The molecule has 0 atom stereocenters. The number of aryl methyl sites for hydroxylation is 1. The standard InChI is InChI=1S/C22H25FN2OS/c1-14-6-11-20(26-4)16(3)19(14)13-25-21(27-5)12-15(2)22(24)17-7-9-18(23)10-8-17/h6-12,24H,13H2,1-5H3/b15-12-,24-22?,25-21?. The molecule has 0 spiro atoms. The molecule has 0 saturated heterocycles. The summed E-state index contributed by atoms with van der Waals surface area (Å²) in [6, 6.07) is 9.99. The number of hydrogen-bond donors (Lipinski definition) is 1. The third-order valence-electron chi connectivity index (χ3n) is 4.47. The van der Waals surface area contributed by atoms with E-state index in [1.165, 1.54) is 29.5 Å². The van der Waals surface area contributed by atoms with E-state index in [0.717, 1.165) is 27.5 Å². The van der Waals surface area contributed by atoms with E-state index in [1.54, 1.807) is 19.2 Å². The van der Waals surface area contributed by atoms with Gasteiger partial charge in [0.2, 0.25) is 0 Å². The number of thioether (sulfide) groups is 1. The molecule has 3 nitrogen and oxygen atoms in total. The van der Waals surface area contributed by atoms with Crippen LogP contribution in [0.25, 0.3) is 0 Å². The Morgan fingerprint density at radius 1 is 1.19 bits per heavy atom. The van der Waals surface area contributed by atoms with Gasteiger partial charge in [-0.3, -0.25) is 10.4 Å². The quantitative estimate of drug-likeness (QED) is 0.511. The highest BCUT2D eigenvalue weighted by molar-refractivity contribution is 8.13. The zero-order valence-corrected chi connectivity index (χ0v) is 17.2. The van der Waals surface area contributed by atoms with Crippen molar-refractivity contribution in [1.29, 1.82) is 5.41 Å². The van der Waals surface area contributed by atoms with Crippen LogP contribution in [0.5, 0.6) is 5.75 Å². The molecule has 0 heterocycles. The molecular weight excluding hydrogens is 359 g/mol. The highest BCUT2D eigenvalue weighted by Gasteiger charge is 2.09. The Balaban J connectivity index is 2.24. The number of aliphatic imine (C=N–C) groups is 1. The minimum absolute atomic E-state index is 0.302. The molecule has 0 bridgehead atoms. The predicted molar refractivity (Wildman–Crippen MR) is 114 cm³/mol. The largest absolute Gasteiger partial charge is 0.496 e. The van der Waals surface area contributed by atoms with Gasteiger partial charge in [-0.25, -0.2) is 4.39 Å². The molecule has 2 rings (SSSR count). The summed E-state index contributed by atoms with van der Waals surface area (Å²) in [5.74, 6) is 0.560. The van der Waals surface area contributed by atoms with E-state index in [-0.39, 0.29) is 5.82 Å². The maximum atomic E-state index is 13.1. The topological polar surface area (TPSA) is 45.4 Å². The van der Waals surface area contributed by atoms with Gasteiger partial charge < -0.3 is 4.74 Å². The molecule has 2 aromatic rings. The van der Waals surface area contributed by atoms with Gasteiger partial charge in [0.15, 0.2) is 0 Å². The van der Waals surface area contributed by atoms with E-state index in [0.29, 0.717) is 17.8 Å². The number of benzene rings is 2. The Bertz CT molecular complexity index is 886. The van der Waals surface area contributed by atoms with Crippen molar-refractivity contribution >= 4 is 22.5 Å². The molecule has 0 radical (unpaired) electrons. The maximum absolute atomic E-state index is 13.1. The van der Waals surface area contributed by atoms with Crippen LogP contribution in [0.4, 0.5) is 4.39 Å². The van der Waals surface area contributed by atoms with Crippen LogP contribution in [0.2, 0.25) is 0 Å². The maximum Gasteiger partial charge on any atom is 0.123 e. The predicted octanol–water partition coefficient (Wildman–Crippen LogP) is 5.73. The molecule has 27 heavy (non-hydrogen) atoms. The number of rotatable bonds is 6. The second-order valence-corrected chi connectivity index (χ2v) is 7.08. The first-order chi connectivity index (χ1) is 12.9. The zero-order valence-electron chi connectivity index (χ0n) is 16.4. The number of nitrogens with one attached hydrogen (secondary N) is 1.